The van der Waals surface area contributed by atoms with Gasteiger partial charge >= 0.3 is 0 Å². The van der Waals surface area contributed by atoms with Crippen LogP contribution in [0, 0.1) is 0 Å². The van der Waals surface area contributed by atoms with Crippen LogP contribution in [-0.4, -0.2) is 32.9 Å². The van der Waals surface area contributed by atoms with Crippen LogP contribution in [0.3, 0.4) is 0 Å². The van der Waals surface area contributed by atoms with Crippen LogP contribution in [0.5, 0.6) is 5.75 Å². The average Bonchev–Trinajstić information content (AvgIpc) is 3.06. The van der Waals surface area contributed by atoms with E-state index in [2.05, 4.69) is 10.2 Å². The van der Waals surface area contributed by atoms with Crippen molar-refractivity contribution < 1.29 is 4.74 Å². The minimum Gasteiger partial charge on any atom is -0.494 e. The van der Waals surface area contributed by atoms with Crippen LogP contribution in [0.4, 0.5) is 0 Å². The van der Waals surface area contributed by atoms with Crippen molar-refractivity contribution >= 4 is 29.1 Å². The van der Waals surface area contributed by atoms with Crippen LogP contribution in [0.15, 0.2) is 58.8 Å². The zero-order chi connectivity index (χ0) is 17.2. The van der Waals surface area contributed by atoms with E-state index >= 15 is 0 Å². The molecule has 126 valence electrons. The van der Waals surface area contributed by atoms with Crippen molar-refractivity contribution in [3.63, 3.8) is 0 Å². The fraction of sp³-hybridized carbons (Fsp3) is 0.167. The molecule has 1 aromatic heterocycles. The Morgan fingerprint density at radius 1 is 1.12 bits per heavy atom. The van der Waals surface area contributed by atoms with Gasteiger partial charge < -0.3 is 4.74 Å². The van der Waals surface area contributed by atoms with E-state index in [0.29, 0.717) is 23.2 Å². The Kier molecular flexibility index (Phi) is 4.46. The van der Waals surface area contributed by atoms with E-state index in [1.807, 2.05) is 55.5 Å². The normalized spacial score (nSPS) is 13.3. The van der Waals surface area contributed by atoms with Crippen molar-refractivity contribution in [2.75, 3.05) is 12.4 Å². The predicted octanol–water partition coefficient (Wildman–Crippen LogP) is 4.36. The lowest BCUT2D eigenvalue weighted by Crippen LogP contribution is -2.14. The molecule has 0 amide bonds. The van der Waals surface area contributed by atoms with Gasteiger partial charge in [-0.2, -0.15) is 9.78 Å². The number of ether oxygens (including phenoxy) is 1. The second-order valence-corrected chi connectivity index (χ2v) is 6.74. The summed E-state index contributed by atoms with van der Waals surface area (Å²) in [7, 11) is 0. The highest BCUT2D eigenvalue weighted by Gasteiger charge is 2.21. The predicted molar refractivity (Wildman–Crippen MR) is 101 cm³/mol. The number of nitrogens with zero attached hydrogens (tertiary/aromatic N) is 4. The monoisotopic (exact) mass is 370 g/mol. The highest BCUT2D eigenvalue weighted by Crippen LogP contribution is 2.30. The van der Waals surface area contributed by atoms with Gasteiger partial charge in [0.05, 0.1) is 12.3 Å². The van der Waals surface area contributed by atoms with Gasteiger partial charge in [-0.05, 0) is 37.3 Å². The van der Waals surface area contributed by atoms with E-state index in [4.69, 9.17) is 21.4 Å². The van der Waals surface area contributed by atoms with Crippen molar-refractivity contribution in [1.82, 2.24) is 14.9 Å². The molecule has 0 fully saturated rings. The molecular weight excluding hydrogens is 356 g/mol. The first-order valence-corrected chi connectivity index (χ1v) is 9.27. The van der Waals surface area contributed by atoms with Gasteiger partial charge in [-0.25, -0.2) is 0 Å². The van der Waals surface area contributed by atoms with Gasteiger partial charge in [-0.15, -0.1) is 10.2 Å². The maximum absolute atomic E-state index is 6.32. The number of hydrogen-bond donors (Lipinski definition) is 0. The summed E-state index contributed by atoms with van der Waals surface area (Å²) in [6.07, 6.45) is 0. The molecular formula is C18H15ClN4OS. The average molecular weight is 371 g/mol. The molecule has 0 N–H and O–H groups in total. The summed E-state index contributed by atoms with van der Waals surface area (Å²) >= 11 is 7.92. The number of fused-ring (bicyclic) bond motifs is 1. The number of thioether (sulfide) groups is 1. The van der Waals surface area contributed by atoms with E-state index in [9.17, 15) is 0 Å². The lowest BCUT2D eigenvalue weighted by atomic mass is 10.1. The highest BCUT2D eigenvalue weighted by atomic mass is 35.5. The summed E-state index contributed by atoms with van der Waals surface area (Å²) in [5, 5.41) is 14.8. The van der Waals surface area contributed by atoms with E-state index in [-0.39, 0.29) is 0 Å². The molecule has 1 aliphatic heterocycles. The summed E-state index contributed by atoms with van der Waals surface area (Å²) in [5.41, 5.74) is 2.79. The first-order chi connectivity index (χ1) is 12.3. The summed E-state index contributed by atoms with van der Waals surface area (Å²) in [6, 6.07) is 15.5. The topological polar surface area (TPSA) is 52.3 Å². The van der Waals surface area contributed by atoms with Gasteiger partial charge in [0, 0.05) is 21.9 Å². The Hall–Kier alpha value is -2.31. The first-order valence-electron chi connectivity index (χ1n) is 7.90. The van der Waals surface area contributed by atoms with Crippen LogP contribution in [0.2, 0.25) is 5.02 Å². The number of hydrogen-bond acceptors (Lipinski definition) is 5. The molecule has 4 rings (SSSR count). The molecule has 2 aromatic carbocycles. The maximum atomic E-state index is 6.32. The molecule has 0 atom stereocenters. The van der Waals surface area contributed by atoms with Gasteiger partial charge in [0.1, 0.15) is 5.75 Å². The largest absolute Gasteiger partial charge is 0.494 e. The van der Waals surface area contributed by atoms with Gasteiger partial charge in [0.25, 0.3) is 0 Å². The molecule has 0 saturated carbocycles. The van der Waals surface area contributed by atoms with Gasteiger partial charge in [-0.3, -0.25) is 0 Å². The first kappa shape index (κ1) is 16.2. The smallest absolute Gasteiger partial charge is 0.212 e. The van der Waals surface area contributed by atoms with Crippen LogP contribution in [-0.2, 0) is 0 Å². The Labute approximate surface area is 154 Å². The third-order valence-electron chi connectivity index (χ3n) is 3.78. The standard InChI is InChI=1S/C18H15ClN4OS/c1-2-24-13-9-7-12(8-10-13)17-20-21-18-23(17)22-16(11-25-18)14-5-3-4-6-15(14)19/h3-10H,2,11H2,1H3. The quantitative estimate of drug-likeness (QED) is 0.684. The van der Waals surface area contributed by atoms with Crippen molar-refractivity contribution in [3.05, 3.63) is 59.1 Å². The molecule has 1 aliphatic rings. The zero-order valence-corrected chi connectivity index (χ0v) is 15.1. The molecule has 0 unspecified atom stereocenters. The third-order valence-corrected chi connectivity index (χ3v) is 5.04. The summed E-state index contributed by atoms with van der Waals surface area (Å²) in [5.74, 6) is 2.25. The summed E-state index contributed by atoms with van der Waals surface area (Å²) < 4.78 is 7.27. The van der Waals surface area contributed by atoms with E-state index < -0.39 is 0 Å². The number of aromatic nitrogens is 3. The minimum atomic E-state index is 0.641. The van der Waals surface area contributed by atoms with Crippen LogP contribution in [0.1, 0.15) is 12.5 Å². The lowest BCUT2D eigenvalue weighted by Gasteiger charge is -2.14. The molecule has 0 bridgehead atoms. The van der Waals surface area contributed by atoms with Gasteiger partial charge in [0.15, 0.2) is 5.82 Å². The van der Waals surface area contributed by atoms with Gasteiger partial charge in [0.2, 0.25) is 5.16 Å². The zero-order valence-electron chi connectivity index (χ0n) is 13.5. The van der Waals surface area contributed by atoms with E-state index in [1.54, 1.807) is 16.4 Å². The lowest BCUT2D eigenvalue weighted by molar-refractivity contribution is 0.340. The Morgan fingerprint density at radius 2 is 1.92 bits per heavy atom. The van der Waals surface area contributed by atoms with Crippen molar-refractivity contribution in [2.45, 2.75) is 12.1 Å². The fourth-order valence-electron chi connectivity index (χ4n) is 2.60. The summed E-state index contributed by atoms with van der Waals surface area (Å²) in [4.78, 5) is 0. The van der Waals surface area contributed by atoms with Gasteiger partial charge in [-0.1, -0.05) is 41.6 Å². The SMILES string of the molecule is CCOc1ccc(-c2nnc3n2N=C(c2ccccc2Cl)CS3)cc1. The molecule has 0 spiro atoms. The number of benzene rings is 2. The minimum absolute atomic E-state index is 0.641. The van der Waals surface area contributed by atoms with Crippen LogP contribution < -0.4 is 4.74 Å². The number of halogens is 1. The second kappa shape index (κ2) is 6.90. The van der Waals surface area contributed by atoms with E-state index in [0.717, 1.165) is 27.7 Å². The molecule has 7 heteroatoms. The van der Waals surface area contributed by atoms with E-state index in [1.165, 1.54) is 0 Å². The molecule has 0 saturated heterocycles. The highest BCUT2D eigenvalue weighted by molar-refractivity contribution is 7.99. The molecule has 2 heterocycles. The third kappa shape index (κ3) is 3.15. The van der Waals surface area contributed by atoms with Crippen molar-refractivity contribution in [3.8, 4) is 17.1 Å². The molecule has 25 heavy (non-hydrogen) atoms. The Balaban J connectivity index is 1.73. The second-order valence-electron chi connectivity index (χ2n) is 5.39. The number of rotatable bonds is 4. The van der Waals surface area contributed by atoms with Crippen molar-refractivity contribution in [1.29, 1.82) is 0 Å². The van der Waals surface area contributed by atoms with Crippen molar-refractivity contribution in [2.24, 2.45) is 5.10 Å². The Bertz CT molecular complexity index is 937. The van der Waals surface area contributed by atoms with Crippen LogP contribution in [0.25, 0.3) is 11.4 Å². The Morgan fingerprint density at radius 3 is 2.68 bits per heavy atom. The molecule has 3 aromatic rings. The fourth-order valence-corrected chi connectivity index (χ4v) is 3.67. The summed E-state index contributed by atoms with van der Waals surface area (Å²) in [6.45, 7) is 2.60. The molecule has 5 nitrogen and oxygen atoms in total. The van der Waals surface area contributed by atoms with Crippen LogP contribution >= 0.6 is 23.4 Å². The molecule has 0 radical (unpaired) electrons. The maximum Gasteiger partial charge on any atom is 0.212 e. The molecule has 0 aliphatic carbocycles.